The third kappa shape index (κ3) is 7.17. The Bertz CT molecular complexity index is 604. The molecule has 0 aromatic heterocycles. The van der Waals surface area contributed by atoms with Crippen LogP contribution < -0.4 is 4.74 Å². The van der Waals surface area contributed by atoms with Gasteiger partial charge < -0.3 is 14.2 Å². The zero-order chi connectivity index (χ0) is 19.6. The average molecular weight is 404 g/mol. The predicted octanol–water partition coefficient (Wildman–Crippen LogP) is 5.99. The smallest absolute Gasteiger partial charge is 0.316 e. The Morgan fingerprint density at radius 2 is 1.81 bits per heavy atom. The van der Waals surface area contributed by atoms with Crippen LogP contribution in [0.15, 0.2) is 12.1 Å². The van der Waals surface area contributed by atoms with Gasteiger partial charge in [0.2, 0.25) is 5.82 Å². The standard InChI is InChI=1S/C20H31F2O4P/c1-2-3-4-6-15-7-9-16(10-8-15)17-11-12-18(20(22)19(17)21)25-13-5-14-26-27(23)24/h11-12,15-16,27H,2-10,13-14H2,1H3,(H,23,24). The number of hydrogen-bond acceptors (Lipinski definition) is 3. The van der Waals surface area contributed by atoms with Crippen molar-refractivity contribution >= 4 is 8.25 Å². The van der Waals surface area contributed by atoms with E-state index in [0.29, 0.717) is 12.0 Å². The van der Waals surface area contributed by atoms with Crippen LogP contribution in [-0.4, -0.2) is 18.1 Å². The zero-order valence-electron chi connectivity index (χ0n) is 16.0. The molecule has 1 aliphatic carbocycles. The fraction of sp³-hybridized carbons (Fsp3) is 0.700. The average Bonchev–Trinajstić information content (AvgIpc) is 2.65. The van der Waals surface area contributed by atoms with Crippen LogP contribution in [0, 0.1) is 17.6 Å². The minimum absolute atomic E-state index is 0.0397. The van der Waals surface area contributed by atoms with E-state index in [0.717, 1.165) is 31.6 Å². The van der Waals surface area contributed by atoms with Crippen molar-refractivity contribution in [2.75, 3.05) is 13.2 Å². The Kier molecular flexibility index (Phi) is 9.74. The van der Waals surface area contributed by atoms with Crippen LogP contribution in [-0.2, 0) is 9.09 Å². The van der Waals surface area contributed by atoms with Crippen molar-refractivity contribution in [2.24, 2.45) is 5.92 Å². The quantitative estimate of drug-likeness (QED) is 0.364. The Morgan fingerprint density at radius 3 is 2.48 bits per heavy atom. The lowest BCUT2D eigenvalue weighted by Crippen LogP contribution is -2.15. The minimum Gasteiger partial charge on any atom is -0.490 e. The highest BCUT2D eigenvalue weighted by atomic mass is 31.1. The zero-order valence-corrected chi connectivity index (χ0v) is 17.0. The summed E-state index contributed by atoms with van der Waals surface area (Å²) in [5.74, 6) is -1.08. The van der Waals surface area contributed by atoms with Gasteiger partial charge in [-0.25, -0.2) is 4.39 Å². The second-order valence-electron chi connectivity index (χ2n) is 7.31. The normalized spacial score (nSPS) is 21.2. The summed E-state index contributed by atoms with van der Waals surface area (Å²) in [6.07, 6.45) is 9.32. The molecule has 1 aromatic carbocycles. The monoisotopic (exact) mass is 404 g/mol. The van der Waals surface area contributed by atoms with Crippen molar-refractivity contribution in [3.63, 3.8) is 0 Å². The van der Waals surface area contributed by atoms with Crippen molar-refractivity contribution in [3.05, 3.63) is 29.3 Å². The lowest BCUT2D eigenvalue weighted by Gasteiger charge is -2.29. The lowest BCUT2D eigenvalue weighted by molar-refractivity contribution is 0.229. The minimum atomic E-state index is -2.96. The molecule has 1 aromatic rings. The molecule has 1 saturated carbocycles. The van der Waals surface area contributed by atoms with Gasteiger partial charge in [0.15, 0.2) is 11.6 Å². The van der Waals surface area contributed by atoms with Gasteiger partial charge in [0.1, 0.15) is 0 Å². The molecule has 1 fully saturated rings. The summed E-state index contributed by atoms with van der Waals surface area (Å²) in [5, 5.41) is 0. The summed E-state index contributed by atoms with van der Waals surface area (Å²) < 4.78 is 49.0. The number of benzene rings is 1. The highest BCUT2D eigenvalue weighted by Gasteiger charge is 2.26. The lowest BCUT2D eigenvalue weighted by atomic mass is 9.77. The number of rotatable bonds is 11. The van der Waals surface area contributed by atoms with Crippen LogP contribution in [0.2, 0.25) is 0 Å². The van der Waals surface area contributed by atoms with Gasteiger partial charge in [-0.15, -0.1) is 0 Å². The molecule has 0 radical (unpaired) electrons. The number of unbranched alkanes of at least 4 members (excludes halogenated alkanes) is 2. The summed E-state index contributed by atoms with van der Waals surface area (Å²) in [6, 6.07) is 3.12. The van der Waals surface area contributed by atoms with E-state index >= 15 is 0 Å². The Hall–Kier alpha value is -0.970. The molecule has 0 bridgehead atoms. The Labute approximate surface area is 161 Å². The van der Waals surface area contributed by atoms with Crippen molar-refractivity contribution in [1.29, 1.82) is 0 Å². The van der Waals surface area contributed by atoms with Gasteiger partial charge in [0, 0.05) is 6.42 Å². The van der Waals surface area contributed by atoms with E-state index in [-0.39, 0.29) is 24.9 Å². The van der Waals surface area contributed by atoms with E-state index in [1.807, 2.05) is 0 Å². The number of halogens is 2. The summed E-state index contributed by atoms with van der Waals surface area (Å²) in [6.45, 7) is 2.33. The van der Waals surface area contributed by atoms with Gasteiger partial charge in [-0.2, -0.15) is 4.39 Å². The molecule has 1 N–H and O–H groups in total. The molecule has 0 amide bonds. The molecular formula is C20H31F2O4P. The molecule has 154 valence electrons. The van der Waals surface area contributed by atoms with Gasteiger partial charge in [-0.1, -0.05) is 38.7 Å². The van der Waals surface area contributed by atoms with Crippen LogP contribution in [0.4, 0.5) is 8.78 Å². The van der Waals surface area contributed by atoms with Crippen molar-refractivity contribution in [1.82, 2.24) is 0 Å². The first-order valence-corrected chi connectivity index (χ1v) is 11.3. The fourth-order valence-electron chi connectivity index (χ4n) is 3.82. The van der Waals surface area contributed by atoms with Gasteiger partial charge in [0.25, 0.3) is 0 Å². The van der Waals surface area contributed by atoms with Crippen LogP contribution in [0.3, 0.4) is 0 Å². The molecule has 0 aliphatic heterocycles. The number of hydrogen-bond donors (Lipinski definition) is 1. The summed E-state index contributed by atoms with van der Waals surface area (Å²) in [4.78, 5) is 8.55. The van der Waals surface area contributed by atoms with Crippen LogP contribution in [0.25, 0.3) is 0 Å². The van der Waals surface area contributed by atoms with Gasteiger partial charge >= 0.3 is 8.25 Å². The molecule has 1 aliphatic rings. The van der Waals surface area contributed by atoms with Crippen LogP contribution >= 0.6 is 8.25 Å². The van der Waals surface area contributed by atoms with Gasteiger partial charge in [-0.3, -0.25) is 4.57 Å². The van der Waals surface area contributed by atoms with Crippen molar-refractivity contribution in [3.8, 4) is 5.75 Å². The summed E-state index contributed by atoms with van der Waals surface area (Å²) in [7, 11) is -2.96. The van der Waals surface area contributed by atoms with Crippen LogP contribution in [0.5, 0.6) is 5.75 Å². The van der Waals surface area contributed by atoms with Gasteiger partial charge in [-0.05, 0) is 49.1 Å². The second kappa shape index (κ2) is 11.8. The molecule has 27 heavy (non-hydrogen) atoms. The highest BCUT2D eigenvalue weighted by molar-refractivity contribution is 7.32. The van der Waals surface area contributed by atoms with E-state index in [4.69, 9.17) is 9.63 Å². The third-order valence-corrected chi connectivity index (χ3v) is 5.80. The first-order valence-electron chi connectivity index (χ1n) is 9.99. The Balaban J connectivity index is 1.84. The maximum absolute atomic E-state index is 14.5. The first kappa shape index (κ1) is 22.3. The summed E-state index contributed by atoms with van der Waals surface area (Å²) in [5.41, 5.74) is 0.453. The maximum atomic E-state index is 14.5. The highest BCUT2D eigenvalue weighted by Crippen LogP contribution is 2.40. The van der Waals surface area contributed by atoms with Crippen molar-refractivity contribution in [2.45, 2.75) is 70.6 Å². The summed E-state index contributed by atoms with van der Waals surface area (Å²) >= 11 is 0. The van der Waals surface area contributed by atoms with E-state index in [2.05, 4.69) is 11.4 Å². The largest absolute Gasteiger partial charge is 0.490 e. The van der Waals surface area contributed by atoms with E-state index in [9.17, 15) is 13.3 Å². The van der Waals surface area contributed by atoms with E-state index < -0.39 is 19.9 Å². The maximum Gasteiger partial charge on any atom is 0.316 e. The van der Waals surface area contributed by atoms with Crippen LogP contribution in [0.1, 0.15) is 76.2 Å². The Morgan fingerprint density at radius 1 is 1.07 bits per heavy atom. The SMILES string of the molecule is CCCCCC1CCC(c2ccc(OCCCO[PH](=O)O)c(F)c2F)CC1. The topological polar surface area (TPSA) is 55.8 Å². The predicted molar refractivity (Wildman–Crippen MR) is 102 cm³/mol. The molecule has 7 heteroatoms. The molecule has 0 spiro atoms. The van der Waals surface area contributed by atoms with Crippen molar-refractivity contribution < 1.29 is 27.5 Å². The van der Waals surface area contributed by atoms with E-state index in [1.165, 1.54) is 31.7 Å². The molecule has 2 rings (SSSR count). The molecule has 4 nitrogen and oxygen atoms in total. The van der Waals surface area contributed by atoms with E-state index in [1.54, 1.807) is 6.07 Å². The second-order valence-corrected chi connectivity index (χ2v) is 8.13. The molecule has 0 saturated heterocycles. The van der Waals surface area contributed by atoms with Gasteiger partial charge in [0.05, 0.1) is 13.2 Å². The molecule has 1 atom stereocenters. The first-order chi connectivity index (χ1) is 13.0. The molecule has 1 unspecified atom stereocenters. The molecule has 0 heterocycles. The fourth-order valence-corrected chi connectivity index (χ4v) is 4.14. The molecular weight excluding hydrogens is 373 g/mol. The number of ether oxygens (including phenoxy) is 1. The third-order valence-electron chi connectivity index (χ3n) is 5.35.